The third-order valence-corrected chi connectivity index (χ3v) is 5.31. The van der Waals surface area contributed by atoms with Crippen LogP contribution in [0.3, 0.4) is 0 Å². The molecule has 2 aromatic heterocycles. The number of halogens is 3. The Labute approximate surface area is 161 Å². The molecule has 0 spiro atoms. The predicted molar refractivity (Wildman–Crippen MR) is 101 cm³/mol. The van der Waals surface area contributed by atoms with Gasteiger partial charge in [0.2, 0.25) is 0 Å². The van der Waals surface area contributed by atoms with E-state index in [0.29, 0.717) is 11.6 Å². The van der Waals surface area contributed by atoms with Gasteiger partial charge in [0, 0.05) is 30.8 Å². The van der Waals surface area contributed by atoms with Crippen molar-refractivity contribution in [3.63, 3.8) is 0 Å². The van der Waals surface area contributed by atoms with Crippen LogP contribution in [0.5, 0.6) is 0 Å². The molecule has 0 bridgehead atoms. The van der Waals surface area contributed by atoms with Crippen LogP contribution >= 0.6 is 0 Å². The van der Waals surface area contributed by atoms with Crippen LogP contribution in [0.1, 0.15) is 41.4 Å². The Bertz CT molecular complexity index is 964. The summed E-state index contributed by atoms with van der Waals surface area (Å²) in [5, 5.41) is 4.45. The molecular weight excluding hydrogens is 367 g/mol. The van der Waals surface area contributed by atoms with Gasteiger partial charge in [-0.15, -0.1) is 0 Å². The highest BCUT2D eigenvalue weighted by atomic mass is 19.4. The molecule has 1 aliphatic heterocycles. The van der Waals surface area contributed by atoms with E-state index in [1.165, 1.54) is 6.07 Å². The highest BCUT2D eigenvalue weighted by Gasteiger charge is 2.31. The predicted octanol–water partition coefficient (Wildman–Crippen LogP) is 4.62. The summed E-state index contributed by atoms with van der Waals surface area (Å²) in [6, 6.07) is 7.24. The normalized spacial score (nSPS) is 16.0. The van der Waals surface area contributed by atoms with Crippen LogP contribution in [0.2, 0.25) is 0 Å². The van der Waals surface area contributed by atoms with E-state index in [0.717, 1.165) is 61.0 Å². The Kier molecular flexibility index (Phi) is 4.64. The molecule has 1 aliphatic rings. The molecule has 1 saturated heterocycles. The van der Waals surface area contributed by atoms with Gasteiger partial charge in [-0.2, -0.15) is 18.3 Å². The molecule has 1 aromatic carbocycles. The van der Waals surface area contributed by atoms with Crippen LogP contribution in [0.15, 0.2) is 36.7 Å². The van der Waals surface area contributed by atoms with Crippen molar-refractivity contribution in [2.45, 2.75) is 38.8 Å². The Hall–Kier alpha value is -2.77. The maximum atomic E-state index is 13.1. The molecule has 0 saturated carbocycles. The molecule has 0 radical (unpaired) electrons. The first-order chi connectivity index (χ1) is 13.3. The molecule has 4 rings (SSSR count). The standard InChI is InChI=1S/C20H22F3N5/c1-13-10-18(27-8-6-15(7-9-27)19-14(2)24-12-25-19)28(26-13)17-5-3-4-16(11-17)20(21,22)23/h3-5,10-12,15H,6-9H2,1-2H3,(H,24,25). The van der Waals surface area contributed by atoms with Crippen molar-refractivity contribution in [1.82, 2.24) is 19.7 Å². The van der Waals surface area contributed by atoms with E-state index in [-0.39, 0.29) is 0 Å². The summed E-state index contributed by atoms with van der Waals surface area (Å²) < 4.78 is 40.9. The monoisotopic (exact) mass is 389 g/mol. The summed E-state index contributed by atoms with van der Waals surface area (Å²) in [5.74, 6) is 1.22. The molecule has 3 heterocycles. The summed E-state index contributed by atoms with van der Waals surface area (Å²) in [7, 11) is 0. The van der Waals surface area contributed by atoms with Crippen LogP contribution in [0, 0.1) is 13.8 Å². The maximum Gasteiger partial charge on any atom is 0.416 e. The number of benzene rings is 1. The summed E-state index contributed by atoms with van der Waals surface area (Å²) in [4.78, 5) is 9.76. The molecule has 0 amide bonds. The number of H-pyrrole nitrogens is 1. The van der Waals surface area contributed by atoms with Gasteiger partial charge in [0.1, 0.15) is 5.82 Å². The fourth-order valence-corrected chi connectivity index (χ4v) is 3.88. The number of piperidine rings is 1. The maximum absolute atomic E-state index is 13.1. The van der Waals surface area contributed by atoms with Gasteiger partial charge in [-0.25, -0.2) is 9.67 Å². The van der Waals surface area contributed by atoms with Crippen molar-refractivity contribution >= 4 is 5.82 Å². The lowest BCUT2D eigenvalue weighted by Gasteiger charge is -2.33. The van der Waals surface area contributed by atoms with E-state index in [1.54, 1.807) is 17.1 Å². The molecule has 148 valence electrons. The number of aromatic amines is 1. The van der Waals surface area contributed by atoms with Crippen molar-refractivity contribution in [3.8, 4) is 5.69 Å². The first-order valence-electron chi connectivity index (χ1n) is 9.32. The highest BCUT2D eigenvalue weighted by Crippen LogP contribution is 2.34. The lowest BCUT2D eigenvalue weighted by atomic mass is 9.92. The van der Waals surface area contributed by atoms with Gasteiger partial charge >= 0.3 is 6.18 Å². The van der Waals surface area contributed by atoms with E-state index < -0.39 is 11.7 Å². The molecule has 0 aliphatic carbocycles. The zero-order chi connectivity index (χ0) is 19.9. The zero-order valence-corrected chi connectivity index (χ0v) is 15.8. The third kappa shape index (κ3) is 3.50. The Morgan fingerprint density at radius 3 is 2.50 bits per heavy atom. The van der Waals surface area contributed by atoms with Gasteiger partial charge in [0.25, 0.3) is 0 Å². The summed E-state index contributed by atoms with van der Waals surface area (Å²) in [5.41, 5.74) is 2.74. The number of hydrogen-bond acceptors (Lipinski definition) is 3. The summed E-state index contributed by atoms with van der Waals surface area (Å²) in [6.07, 6.45) is -0.766. The second kappa shape index (κ2) is 7.00. The van der Waals surface area contributed by atoms with Crippen LogP contribution < -0.4 is 4.90 Å². The molecule has 8 heteroatoms. The smallest absolute Gasteiger partial charge is 0.356 e. The largest absolute Gasteiger partial charge is 0.416 e. The lowest BCUT2D eigenvalue weighted by molar-refractivity contribution is -0.137. The second-order valence-electron chi connectivity index (χ2n) is 7.28. The Balaban J connectivity index is 1.59. The number of alkyl halides is 3. The molecule has 0 unspecified atom stereocenters. The molecule has 3 aromatic rings. The molecule has 0 atom stereocenters. The quantitative estimate of drug-likeness (QED) is 0.711. The van der Waals surface area contributed by atoms with Gasteiger partial charge in [-0.05, 0) is 44.9 Å². The summed E-state index contributed by atoms with van der Waals surface area (Å²) in [6.45, 7) is 5.50. The SMILES string of the molecule is Cc1cc(N2CCC(c3nc[nH]c3C)CC2)n(-c2cccc(C(F)(F)F)c2)n1. The van der Waals surface area contributed by atoms with E-state index in [4.69, 9.17) is 0 Å². The molecule has 28 heavy (non-hydrogen) atoms. The third-order valence-electron chi connectivity index (χ3n) is 5.31. The van der Waals surface area contributed by atoms with Crippen molar-refractivity contribution in [3.05, 3.63) is 59.3 Å². The van der Waals surface area contributed by atoms with Crippen molar-refractivity contribution in [2.75, 3.05) is 18.0 Å². The minimum Gasteiger partial charge on any atom is -0.356 e. The molecular formula is C20H22F3N5. The van der Waals surface area contributed by atoms with Gasteiger partial charge in [-0.3, -0.25) is 0 Å². The first kappa shape index (κ1) is 18.6. The minimum absolute atomic E-state index is 0.397. The van der Waals surface area contributed by atoms with Crippen molar-refractivity contribution < 1.29 is 13.2 Å². The fraction of sp³-hybridized carbons (Fsp3) is 0.400. The van der Waals surface area contributed by atoms with Crippen molar-refractivity contribution in [2.24, 2.45) is 0 Å². The van der Waals surface area contributed by atoms with Gasteiger partial charge in [-0.1, -0.05) is 6.07 Å². The first-order valence-corrected chi connectivity index (χ1v) is 9.32. The van der Waals surface area contributed by atoms with Crippen LogP contribution in [0.4, 0.5) is 19.0 Å². The topological polar surface area (TPSA) is 49.7 Å². The number of nitrogens with one attached hydrogen (secondary N) is 1. The summed E-state index contributed by atoms with van der Waals surface area (Å²) >= 11 is 0. The average molecular weight is 389 g/mol. The molecule has 1 N–H and O–H groups in total. The van der Waals surface area contributed by atoms with Crippen LogP contribution in [-0.2, 0) is 6.18 Å². The van der Waals surface area contributed by atoms with E-state index >= 15 is 0 Å². The fourth-order valence-electron chi connectivity index (χ4n) is 3.88. The Morgan fingerprint density at radius 2 is 1.86 bits per heavy atom. The number of hydrogen-bond donors (Lipinski definition) is 1. The number of nitrogens with zero attached hydrogens (tertiary/aromatic N) is 4. The second-order valence-corrected chi connectivity index (χ2v) is 7.28. The molecule has 1 fully saturated rings. The number of aromatic nitrogens is 4. The minimum atomic E-state index is -4.38. The Morgan fingerprint density at radius 1 is 1.11 bits per heavy atom. The number of imidazole rings is 1. The van der Waals surface area contributed by atoms with Gasteiger partial charge in [0.15, 0.2) is 0 Å². The van der Waals surface area contributed by atoms with Crippen molar-refractivity contribution in [1.29, 1.82) is 0 Å². The molecule has 5 nitrogen and oxygen atoms in total. The zero-order valence-electron chi connectivity index (χ0n) is 15.8. The van der Waals surface area contributed by atoms with E-state index in [2.05, 4.69) is 20.0 Å². The van der Waals surface area contributed by atoms with E-state index in [9.17, 15) is 13.2 Å². The number of rotatable bonds is 3. The van der Waals surface area contributed by atoms with Gasteiger partial charge in [0.05, 0.1) is 29.0 Å². The average Bonchev–Trinajstić information content (AvgIpc) is 3.27. The highest BCUT2D eigenvalue weighted by molar-refractivity contribution is 5.50. The lowest BCUT2D eigenvalue weighted by Crippen LogP contribution is -2.34. The number of aryl methyl sites for hydroxylation is 2. The van der Waals surface area contributed by atoms with Gasteiger partial charge < -0.3 is 9.88 Å². The van der Waals surface area contributed by atoms with Crippen LogP contribution in [-0.4, -0.2) is 32.8 Å². The van der Waals surface area contributed by atoms with Crippen LogP contribution in [0.25, 0.3) is 5.69 Å². The number of anilines is 1. The van der Waals surface area contributed by atoms with E-state index in [1.807, 2.05) is 19.9 Å².